The summed E-state index contributed by atoms with van der Waals surface area (Å²) in [5, 5.41) is 0. The summed E-state index contributed by atoms with van der Waals surface area (Å²) in [6.07, 6.45) is 7.70. The van der Waals surface area contributed by atoms with Crippen LogP contribution in [0.2, 0.25) is 0 Å². The average molecular weight is 408 g/mol. The lowest BCUT2D eigenvalue weighted by molar-refractivity contribution is -0.130. The maximum atomic E-state index is 11.6. The number of carbonyl (C=O) groups is 2. The van der Waals surface area contributed by atoms with Crippen LogP contribution in [0, 0.1) is 0 Å². The molecule has 2 aliphatic heterocycles. The normalized spacial score (nSPS) is 20.8. The Morgan fingerprint density at radius 2 is 1.83 bits per heavy atom. The Labute approximate surface area is 177 Å². The number of amides is 2. The topological polar surface area (TPSA) is 92.4 Å². The van der Waals surface area contributed by atoms with Crippen LogP contribution in [0.5, 0.6) is 0 Å². The minimum absolute atomic E-state index is 0.173. The minimum atomic E-state index is -0.442. The Morgan fingerprint density at radius 1 is 1.07 bits per heavy atom. The molecule has 2 aliphatic rings. The van der Waals surface area contributed by atoms with Gasteiger partial charge in [0, 0.05) is 62.0 Å². The number of nitrogens with two attached hydrogens (primary N) is 1. The fraction of sp³-hybridized carbons (Fsp3) is 0.478. The van der Waals surface area contributed by atoms with Gasteiger partial charge in [-0.25, -0.2) is 0 Å². The molecule has 0 spiro atoms. The van der Waals surface area contributed by atoms with E-state index >= 15 is 0 Å². The van der Waals surface area contributed by atoms with Crippen LogP contribution < -0.4 is 5.73 Å². The van der Waals surface area contributed by atoms with E-state index in [2.05, 4.69) is 9.88 Å². The van der Waals surface area contributed by atoms with Crippen molar-refractivity contribution in [2.45, 2.75) is 44.6 Å². The van der Waals surface area contributed by atoms with E-state index in [0.29, 0.717) is 17.5 Å². The second kappa shape index (κ2) is 8.92. The molecule has 2 saturated heterocycles. The molecule has 30 heavy (non-hydrogen) atoms. The van der Waals surface area contributed by atoms with Crippen molar-refractivity contribution in [2.24, 2.45) is 5.73 Å². The Bertz CT molecular complexity index is 923. The van der Waals surface area contributed by atoms with E-state index in [-0.39, 0.29) is 5.91 Å². The molecule has 158 valence electrons. The molecule has 0 bridgehead atoms. The molecule has 7 nitrogen and oxygen atoms in total. The maximum Gasteiger partial charge on any atom is 0.248 e. The molecule has 7 heteroatoms. The van der Waals surface area contributed by atoms with Crippen LogP contribution in [0.15, 0.2) is 36.7 Å². The Morgan fingerprint density at radius 3 is 2.57 bits per heavy atom. The van der Waals surface area contributed by atoms with Gasteiger partial charge < -0.3 is 10.6 Å². The van der Waals surface area contributed by atoms with Crippen LogP contribution in [0.25, 0.3) is 11.3 Å². The predicted molar refractivity (Wildman–Crippen MR) is 115 cm³/mol. The largest absolute Gasteiger partial charge is 0.366 e. The number of hydrogen-bond acceptors (Lipinski definition) is 5. The summed E-state index contributed by atoms with van der Waals surface area (Å²) in [5.74, 6) is 0.0286. The molecule has 2 amide bonds. The number of aromatic nitrogens is 2. The van der Waals surface area contributed by atoms with Gasteiger partial charge in [-0.3, -0.25) is 24.5 Å². The summed E-state index contributed by atoms with van der Waals surface area (Å²) in [5.41, 5.74) is 8.64. The van der Waals surface area contributed by atoms with Crippen LogP contribution in [-0.2, 0) is 4.79 Å². The van der Waals surface area contributed by atoms with Crippen molar-refractivity contribution in [2.75, 3.05) is 26.2 Å². The lowest BCUT2D eigenvalue weighted by Gasteiger charge is -2.42. The van der Waals surface area contributed by atoms with Gasteiger partial charge in [0.05, 0.1) is 11.4 Å². The van der Waals surface area contributed by atoms with Crippen LogP contribution in [0.3, 0.4) is 0 Å². The van der Waals surface area contributed by atoms with Gasteiger partial charge in [0.25, 0.3) is 0 Å². The van der Waals surface area contributed by atoms with Crippen molar-refractivity contribution in [1.29, 1.82) is 0 Å². The molecule has 2 fully saturated rings. The number of primary amides is 1. The van der Waals surface area contributed by atoms with Crippen molar-refractivity contribution in [3.8, 4) is 11.3 Å². The highest BCUT2D eigenvalue weighted by atomic mass is 16.2. The first-order valence-electron chi connectivity index (χ1n) is 10.7. The molecule has 1 aromatic carbocycles. The molecule has 1 aromatic heterocycles. The van der Waals surface area contributed by atoms with Crippen molar-refractivity contribution in [1.82, 2.24) is 19.8 Å². The van der Waals surface area contributed by atoms with Gasteiger partial charge in [0.1, 0.15) is 0 Å². The first-order chi connectivity index (χ1) is 14.5. The molecular weight excluding hydrogens is 378 g/mol. The number of likely N-dealkylation sites (tertiary alicyclic amines) is 2. The van der Waals surface area contributed by atoms with Crippen LogP contribution in [0.1, 0.15) is 54.6 Å². The zero-order chi connectivity index (χ0) is 21.1. The monoisotopic (exact) mass is 407 g/mol. The SMILES string of the molecule is CC(=O)N1CCC(N2CCC[C@@H](c3nccnc3-c3cccc(C(N)=O)c3)C2)CC1. The summed E-state index contributed by atoms with van der Waals surface area (Å²) in [6, 6.07) is 7.83. The number of piperidine rings is 2. The molecular formula is C23H29N5O2. The van der Waals surface area contributed by atoms with Gasteiger partial charge in [-0.2, -0.15) is 0 Å². The highest BCUT2D eigenvalue weighted by Crippen LogP contribution is 2.33. The maximum absolute atomic E-state index is 11.6. The zero-order valence-electron chi connectivity index (χ0n) is 17.5. The molecule has 0 unspecified atom stereocenters. The summed E-state index contributed by atoms with van der Waals surface area (Å²) in [4.78, 5) is 37.1. The van der Waals surface area contributed by atoms with E-state index in [1.54, 1.807) is 31.5 Å². The number of carbonyl (C=O) groups excluding carboxylic acids is 2. The fourth-order valence-corrected chi connectivity index (χ4v) is 4.80. The molecule has 4 rings (SSSR count). The molecule has 3 heterocycles. The Kier molecular flexibility index (Phi) is 6.08. The Balaban J connectivity index is 1.53. The third kappa shape index (κ3) is 4.36. The molecule has 0 saturated carbocycles. The first-order valence-corrected chi connectivity index (χ1v) is 10.7. The van der Waals surface area contributed by atoms with Crippen molar-refractivity contribution >= 4 is 11.8 Å². The average Bonchev–Trinajstić information content (AvgIpc) is 2.79. The highest BCUT2D eigenvalue weighted by Gasteiger charge is 2.31. The lowest BCUT2D eigenvalue weighted by atomic mass is 9.89. The van der Waals surface area contributed by atoms with Crippen LogP contribution in [0.4, 0.5) is 0 Å². The molecule has 0 radical (unpaired) electrons. The number of benzene rings is 1. The molecule has 2 aromatic rings. The highest BCUT2D eigenvalue weighted by molar-refractivity contribution is 5.94. The van der Waals surface area contributed by atoms with Crippen LogP contribution >= 0.6 is 0 Å². The van der Waals surface area contributed by atoms with E-state index in [9.17, 15) is 9.59 Å². The van der Waals surface area contributed by atoms with E-state index in [0.717, 1.165) is 68.8 Å². The predicted octanol–water partition coefficient (Wildman–Crippen LogP) is 2.43. The summed E-state index contributed by atoms with van der Waals surface area (Å²) in [6.45, 7) is 5.38. The second-order valence-electron chi connectivity index (χ2n) is 8.31. The first kappa shape index (κ1) is 20.5. The van der Waals surface area contributed by atoms with E-state index < -0.39 is 5.91 Å². The summed E-state index contributed by atoms with van der Waals surface area (Å²) >= 11 is 0. The van der Waals surface area contributed by atoms with Gasteiger partial charge in [0.2, 0.25) is 11.8 Å². The molecule has 2 N–H and O–H groups in total. The lowest BCUT2D eigenvalue weighted by Crippen LogP contribution is -2.49. The summed E-state index contributed by atoms with van der Waals surface area (Å²) < 4.78 is 0. The van der Waals surface area contributed by atoms with Gasteiger partial charge >= 0.3 is 0 Å². The quantitative estimate of drug-likeness (QED) is 0.840. The molecule has 0 aliphatic carbocycles. The van der Waals surface area contributed by atoms with Gasteiger partial charge in [-0.15, -0.1) is 0 Å². The van der Waals surface area contributed by atoms with Gasteiger partial charge in [-0.1, -0.05) is 12.1 Å². The number of rotatable bonds is 4. The second-order valence-corrected chi connectivity index (χ2v) is 8.31. The molecule has 1 atom stereocenters. The zero-order valence-corrected chi connectivity index (χ0v) is 17.5. The third-order valence-corrected chi connectivity index (χ3v) is 6.41. The van der Waals surface area contributed by atoms with E-state index in [1.165, 1.54) is 0 Å². The van der Waals surface area contributed by atoms with Crippen molar-refractivity contribution in [3.63, 3.8) is 0 Å². The Hall–Kier alpha value is -2.80. The third-order valence-electron chi connectivity index (χ3n) is 6.41. The smallest absolute Gasteiger partial charge is 0.248 e. The standard InChI is InChI=1S/C23H29N5O2/c1-16(29)27-12-7-20(8-13-27)28-11-3-6-19(15-28)22-21(25-9-10-26-22)17-4-2-5-18(14-17)23(24)30/h2,4-5,9-10,14,19-20H,3,6-8,11-13,15H2,1H3,(H2,24,30)/t19-/m1/s1. The van der Waals surface area contributed by atoms with E-state index in [1.807, 2.05) is 17.0 Å². The summed E-state index contributed by atoms with van der Waals surface area (Å²) in [7, 11) is 0. The minimum Gasteiger partial charge on any atom is -0.366 e. The van der Waals surface area contributed by atoms with E-state index in [4.69, 9.17) is 10.7 Å². The van der Waals surface area contributed by atoms with Gasteiger partial charge in [-0.05, 0) is 44.4 Å². The van der Waals surface area contributed by atoms with Crippen LogP contribution in [-0.4, -0.2) is 63.8 Å². The van der Waals surface area contributed by atoms with Gasteiger partial charge in [0.15, 0.2) is 0 Å². The number of hydrogen-bond donors (Lipinski definition) is 1. The van der Waals surface area contributed by atoms with Crippen molar-refractivity contribution < 1.29 is 9.59 Å². The fourth-order valence-electron chi connectivity index (χ4n) is 4.80. The van der Waals surface area contributed by atoms with Crippen molar-refractivity contribution in [3.05, 3.63) is 47.9 Å². The number of nitrogens with zero attached hydrogens (tertiary/aromatic N) is 4.